The molecule has 1 aliphatic rings. The fourth-order valence-corrected chi connectivity index (χ4v) is 3.31. The van der Waals surface area contributed by atoms with Gasteiger partial charge in [-0.1, -0.05) is 30.3 Å². The van der Waals surface area contributed by atoms with Crippen molar-refractivity contribution >= 4 is 5.69 Å². The van der Waals surface area contributed by atoms with Gasteiger partial charge in [-0.2, -0.15) is 0 Å². The second kappa shape index (κ2) is 5.90. The molecule has 1 aliphatic heterocycles. The number of anilines is 1. The van der Waals surface area contributed by atoms with Gasteiger partial charge in [-0.25, -0.2) is 0 Å². The van der Waals surface area contributed by atoms with Crippen LogP contribution in [0, 0.1) is 13.8 Å². The molecule has 0 saturated heterocycles. The lowest BCUT2D eigenvalue weighted by Gasteiger charge is -2.31. The van der Waals surface area contributed by atoms with Crippen LogP contribution in [-0.2, 0) is 6.42 Å². The number of nitrogens with zero attached hydrogens (tertiary/aromatic N) is 1. The Hall–Kier alpha value is -1.80. The van der Waals surface area contributed by atoms with Crippen molar-refractivity contribution in [1.82, 2.24) is 5.32 Å². The summed E-state index contributed by atoms with van der Waals surface area (Å²) in [6.07, 6.45) is 1.14. The molecule has 110 valence electrons. The maximum absolute atomic E-state index is 3.66. The lowest BCUT2D eigenvalue weighted by Crippen LogP contribution is -2.37. The predicted molar refractivity (Wildman–Crippen MR) is 90.1 cm³/mol. The van der Waals surface area contributed by atoms with Gasteiger partial charge in [0.25, 0.3) is 0 Å². The molecule has 2 heteroatoms. The zero-order valence-corrected chi connectivity index (χ0v) is 13.2. The number of fused-ring (bicyclic) bond motifs is 1. The SMILES string of the molecule is Cc1cc(C)cc(N(C)CC2NCCc3ccccc32)c1. The predicted octanol–water partition coefficient (Wildman–Crippen LogP) is 3.63. The van der Waals surface area contributed by atoms with Gasteiger partial charge >= 0.3 is 0 Å². The first-order valence-corrected chi connectivity index (χ1v) is 7.74. The third-order valence-corrected chi connectivity index (χ3v) is 4.32. The first-order valence-electron chi connectivity index (χ1n) is 7.74. The first kappa shape index (κ1) is 14.2. The molecule has 0 amide bonds. The van der Waals surface area contributed by atoms with E-state index in [4.69, 9.17) is 0 Å². The van der Waals surface area contributed by atoms with Gasteiger partial charge in [0.05, 0.1) is 6.04 Å². The van der Waals surface area contributed by atoms with E-state index in [2.05, 4.69) is 73.6 Å². The normalized spacial score (nSPS) is 17.4. The lowest BCUT2D eigenvalue weighted by atomic mass is 9.94. The van der Waals surface area contributed by atoms with Crippen LogP contribution in [-0.4, -0.2) is 20.1 Å². The maximum Gasteiger partial charge on any atom is 0.0500 e. The van der Waals surface area contributed by atoms with E-state index in [1.807, 2.05) is 0 Å². The van der Waals surface area contributed by atoms with Crippen LogP contribution in [0.4, 0.5) is 5.69 Å². The summed E-state index contributed by atoms with van der Waals surface area (Å²) in [5.74, 6) is 0. The van der Waals surface area contributed by atoms with Crippen molar-refractivity contribution < 1.29 is 0 Å². The third-order valence-electron chi connectivity index (χ3n) is 4.32. The Bertz CT molecular complexity index is 613. The average molecular weight is 280 g/mol. The van der Waals surface area contributed by atoms with E-state index in [1.54, 1.807) is 0 Å². The van der Waals surface area contributed by atoms with Crippen LogP contribution in [0.25, 0.3) is 0 Å². The average Bonchev–Trinajstić information content (AvgIpc) is 2.46. The molecular weight excluding hydrogens is 256 g/mol. The Morgan fingerprint density at radius 1 is 1.10 bits per heavy atom. The molecule has 0 aromatic heterocycles. The number of hydrogen-bond donors (Lipinski definition) is 1. The first-order chi connectivity index (χ1) is 10.1. The van der Waals surface area contributed by atoms with Gasteiger partial charge in [0.2, 0.25) is 0 Å². The van der Waals surface area contributed by atoms with Crippen molar-refractivity contribution in [2.24, 2.45) is 0 Å². The smallest absolute Gasteiger partial charge is 0.0500 e. The van der Waals surface area contributed by atoms with Gasteiger partial charge in [0, 0.05) is 19.3 Å². The van der Waals surface area contributed by atoms with Crippen molar-refractivity contribution in [3.63, 3.8) is 0 Å². The molecule has 3 rings (SSSR count). The van der Waals surface area contributed by atoms with Gasteiger partial charge in [0.1, 0.15) is 0 Å². The van der Waals surface area contributed by atoms with E-state index >= 15 is 0 Å². The second-order valence-electron chi connectivity index (χ2n) is 6.18. The topological polar surface area (TPSA) is 15.3 Å². The number of hydrogen-bond acceptors (Lipinski definition) is 2. The van der Waals surface area contributed by atoms with Crippen molar-refractivity contribution in [3.05, 3.63) is 64.7 Å². The summed E-state index contributed by atoms with van der Waals surface area (Å²) in [7, 11) is 2.19. The summed E-state index contributed by atoms with van der Waals surface area (Å²) in [6.45, 7) is 6.40. The Kier molecular flexibility index (Phi) is 3.98. The molecule has 0 aliphatic carbocycles. The molecule has 2 nitrogen and oxygen atoms in total. The summed E-state index contributed by atoms with van der Waals surface area (Å²) in [6, 6.07) is 16.0. The van der Waals surface area contributed by atoms with E-state index in [0.29, 0.717) is 6.04 Å². The zero-order chi connectivity index (χ0) is 14.8. The minimum absolute atomic E-state index is 0.417. The largest absolute Gasteiger partial charge is 0.373 e. The molecule has 21 heavy (non-hydrogen) atoms. The summed E-state index contributed by atoms with van der Waals surface area (Å²) in [5, 5.41) is 3.66. The molecule has 1 unspecified atom stereocenters. The quantitative estimate of drug-likeness (QED) is 0.923. The second-order valence-corrected chi connectivity index (χ2v) is 6.18. The minimum Gasteiger partial charge on any atom is -0.373 e. The lowest BCUT2D eigenvalue weighted by molar-refractivity contribution is 0.505. The molecule has 0 fully saturated rings. The molecule has 1 atom stereocenters. The fraction of sp³-hybridized carbons (Fsp3) is 0.368. The molecule has 0 bridgehead atoms. The molecule has 0 spiro atoms. The highest BCUT2D eigenvalue weighted by Gasteiger charge is 2.20. The number of nitrogens with one attached hydrogen (secondary N) is 1. The van der Waals surface area contributed by atoms with Gasteiger partial charge in [0.15, 0.2) is 0 Å². The summed E-state index contributed by atoms with van der Waals surface area (Å²) in [5.41, 5.74) is 6.91. The standard InChI is InChI=1S/C19H24N2/c1-14-10-15(2)12-17(11-14)21(3)13-19-18-7-5-4-6-16(18)8-9-20-19/h4-7,10-12,19-20H,8-9,13H2,1-3H3. The van der Waals surface area contributed by atoms with Crippen LogP contribution < -0.4 is 10.2 Å². The third kappa shape index (κ3) is 3.11. The van der Waals surface area contributed by atoms with E-state index < -0.39 is 0 Å². The number of benzene rings is 2. The van der Waals surface area contributed by atoms with Crippen molar-refractivity contribution in [2.75, 3.05) is 25.0 Å². The molecule has 2 aromatic rings. The number of rotatable bonds is 3. The highest BCUT2D eigenvalue weighted by molar-refractivity contribution is 5.51. The summed E-state index contributed by atoms with van der Waals surface area (Å²) < 4.78 is 0. The van der Waals surface area contributed by atoms with Crippen LogP contribution >= 0.6 is 0 Å². The highest BCUT2D eigenvalue weighted by Crippen LogP contribution is 2.25. The molecule has 2 aromatic carbocycles. The number of aryl methyl sites for hydroxylation is 2. The van der Waals surface area contributed by atoms with Gasteiger partial charge in [-0.3, -0.25) is 0 Å². The Balaban J connectivity index is 1.81. The Morgan fingerprint density at radius 2 is 1.81 bits per heavy atom. The van der Waals surface area contributed by atoms with Gasteiger partial charge < -0.3 is 10.2 Å². The van der Waals surface area contributed by atoms with E-state index in [9.17, 15) is 0 Å². The fourth-order valence-electron chi connectivity index (χ4n) is 3.31. The van der Waals surface area contributed by atoms with Crippen LogP contribution in [0.5, 0.6) is 0 Å². The molecule has 0 radical (unpaired) electrons. The Morgan fingerprint density at radius 3 is 2.57 bits per heavy atom. The van der Waals surface area contributed by atoms with Crippen molar-refractivity contribution in [3.8, 4) is 0 Å². The van der Waals surface area contributed by atoms with E-state index in [1.165, 1.54) is 27.9 Å². The molecule has 1 heterocycles. The summed E-state index contributed by atoms with van der Waals surface area (Å²) >= 11 is 0. The van der Waals surface area contributed by atoms with Crippen LogP contribution in [0.2, 0.25) is 0 Å². The van der Waals surface area contributed by atoms with Crippen molar-refractivity contribution in [1.29, 1.82) is 0 Å². The van der Waals surface area contributed by atoms with Crippen molar-refractivity contribution in [2.45, 2.75) is 26.3 Å². The maximum atomic E-state index is 3.66. The summed E-state index contributed by atoms with van der Waals surface area (Å²) in [4.78, 5) is 2.36. The number of likely N-dealkylation sites (N-methyl/N-ethyl adjacent to an activating group) is 1. The zero-order valence-electron chi connectivity index (χ0n) is 13.2. The monoisotopic (exact) mass is 280 g/mol. The van der Waals surface area contributed by atoms with Crippen LogP contribution in [0.1, 0.15) is 28.3 Å². The van der Waals surface area contributed by atoms with E-state index in [0.717, 1.165) is 19.5 Å². The molecule has 1 N–H and O–H groups in total. The minimum atomic E-state index is 0.417. The van der Waals surface area contributed by atoms with Gasteiger partial charge in [-0.05, 0) is 61.2 Å². The molecule has 0 saturated carbocycles. The van der Waals surface area contributed by atoms with Crippen LogP contribution in [0.15, 0.2) is 42.5 Å². The highest BCUT2D eigenvalue weighted by atomic mass is 15.1. The molecular formula is C19H24N2. The van der Waals surface area contributed by atoms with Crippen LogP contribution in [0.3, 0.4) is 0 Å². The van der Waals surface area contributed by atoms with E-state index in [-0.39, 0.29) is 0 Å². The Labute approximate surface area is 127 Å². The van der Waals surface area contributed by atoms with Gasteiger partial charge in [-0.15, -0.1) is 0 Å².